The van der Waals surface area contributed by atoms with Crippen molar-refractivity contribution < 1.29 is 23.1 Å². The van der Waals surface area contributed by atoms with Crippen molar-refractivity contribution in [2.45, 2.75) is 44.7 Å². The number of hydrogen-bond acceptors (Lipinski definition) is 5. The number of carbonyl (C=O) groups is 1. The van der Waals surface area contributed by atoms with Gasteiger partial charge < -0.3 is 9.84 Å². The summed E-state index contributed by atoms with van der Waals surface area (Å²) in [4.78, 5) is 13.0. The van der Waals surface area contributed by atoms with Gasteiger partial charge in [0.05, 0.1) is 17.9 Å². The van der Waals surface area contributed by atoms with E-state index in [1.54, 1.807) is 18.3 Å². The van der Waals surface area contributed by atoms with Gasteiger partial charge in [-0.1, -0.05) is 0 Å². The Labute approximate surface area is 162 Å². The van der Waals surface area contributed by atoms with Crippen LogP contribution in [0.15, 0.2) is 24.5 Å². The highest BCUT2D eigenvalue weighted by Crippen LogP contribution is 2.44. The first-order valence-electron chi connectivity index (χ1n) is 9.10. The Balaban J connectivity index is 1.82. The van der Waals surface area contributed by atoms with E-state index in [2.05, 4.69) is 5.10 Å². The number of benzene rings is 1. The molecule has 1 amide bonds. The summed E-state index contributed by atoms with van der Waals surface area (Å²) in [6, 6.07) is 3.72. The average molecular weight is 406 g/mol. The van der Waals surface area contributed by atoms with E-state index in [0.717, 1.165) is 18.4 Å². The minimum Gasteiger partial charge on any atom is -0.475 e. The second-order valence-corrected chi connectivity index (χ2v) is 8.91. The highest BCUT2D eigenvalue weighted by Gasteiger charge is 2.32. The summed E-state index contributed by atoms with van der Waals surface area (Å²) in [5.41, 5.74) is 2.64. The average Bonchev–Trinajstić information content (AvgIpc) is 3.35. The van der Waals surface area contributed by atoms with Crippen molar-refractivity contribution in [3.8, 4) is 16.9 Å². The molecule has 28 heavy (non-hydrogen) atoms. The number of nitrogens with two attached hydrogens (primary N) is 1. The first-order valence-corrected chi connectivity index (χ1v) is 10.8. The molecule has 150 valence electrons. The SMILES string of the molecule is C[C@H]1CCc2c(ccc(-c3cnn(C4CC4)c3)c2OCS(N)(=O)=O)N1C(=O)O. The summed E-state index contributed by atoms with van der Waals surface area (Å²) in [6.07, 6.45) is 5.92. The summed E-state index contributed by atoms with van der Waals surface area (Å²) >= 11 is 0. The quantitative estimate of drug-likeness (QED) is 0.784. The lowest BCUT2D eigenvalue weighted by atomic mass is 9.92. The van der Waals surface area contributed by atoms with Crippen LogP contribution in [0.3, 0.4) is 0 Å². The Bertz CT molecular complexity index is 1030. The molecule has 1 aromatic carbocycles. The van der Waals surface area contributed by atoms with Crippen molar-refractivity contribution in [2.24, 2.45) is 5.14 Å². The van der Waals surface area contributed by atoms with Crippen LogP contribution in [0.4, 0.5) is 10.5 Å². The molecule has 3 N–H and O–H groups in total. The maximum Gasteiger partial charge on any atom is 0.412 e. The van der Waals surface area contributed by atoms with Gasteiger partial charge in [0.25, 0.3) is 0 Å². The van der Waals surface area contributed by atoms with E-state index in [1.807, 2.05) is 17.8 Å². The molecule has 1 aliphatic heterocycles. The fourth-order valence-corrected chi connectivity index (χ4v) is 3.93. The van der Waals surface area contributed by atoms with Gasteiger partial charge in [0.1, 0.15) is 5.75 Å². The minimum atomic E-state index is -3.86. The lowest BCUT2D eigenvalue weighted by Crippen LogP contribution is -2.41. The standard InChI is InChI=1S/C18H22N4O5S/c1-11-2-5-15-16(22(11)18(23)24)7-6-14(17(15)27-10-28(19,25)26)12-8-20-21(9-12)13-3-4-13/h6-9,11,13H,2-5,10H2,1H3,(H,23,24)(H2,19,25,26)/t11-/m0/s1. The predicted molar refractivity (Wildman–Crippen MR) is 103 cm³/mol. The minimum absolute atomic E-state index is 0.181. The second kappa shape index (κ2) is 6.78. The van der Waals surface area contributed by atoms with Crippen LogP contribution in [0.1, 0.15) is 37.8 Å². The molecule has 1 aliphatic carbocycles. The molecule has 2 aliphatic rings. The van der Waals surface area contributed by atoms with Gasteiger partial charge in [-0.05, 0) is 44.7 Å². The third kappa shape index (κ3) is 3.57. The second-order valence-electron chi connectivity index (χ2n) is 7.35. The van der Waals surface area contributed by atoms with Gasteiger partial charge in [0.2, 0.25) is 16.0 Å². The van der Waals surface area contributed by atoms with E-state index in [1.165, 1.54) is 4.90 Å². The first kappa shape index (κ1) is 18.8. The number of sulfonamides is 1. The molecule has 0 saturated heterocycles. The summed E-state index contributed by atoms with van der Waals surface area (Å²) in [7, 11) is -3.86. The molecule has 0 bridgehead atoms. The van der Waals surface area contributed by atoms with Gasteiger partial charge in [0, 0.05) is 28.9 Å². The summed E-state index contributed by atoms with van der Waals surface area (Å²) < 4.78 is 30.5. The third-order valence-electron chi connectivity index (χ3n) is 5.16. The zero-order valence-corrected chi connectivity index (χ0v) is 16.2. The number of anilines is 1. The van der Waals surface area contributed by atoms with E-state index in [0.29, 0.717) is 41.4 Å². The molecule has 1 saturated carbocycles. The highest BCUT2D eigenvalue weighted by molar-refractivity contribution is 7.88. The molecule has 0 spiro atoms. The number of fused-ring (bicyclic) bond motifs is 1. The smallest absolute Gasteiger partial charge is 0.412 e. The summed E-state index contributed by atoms with van der Waals surface area (Å²) in [5.74, 6) is -0.337. The molecular weight excluding hydrogens is 384 g/mol. The van der Waals surface area contributed by atoms with Gasteiger partial charge in [-0.25, -0.2) is 18.4 Å². The lowest BCUT2D eigenvalue weighted by molar-refractivity contribution is 0.198. The number of aromatic nitrogens is 2. The summed E-state index contributed by atoms with van der Waals surface area (Å²) in [6.45, 7) is 1.84. The number of hydrogen-bond donors (Lipinski definition) is 2. The normalized spacial score (nSPS) is 19.4. The first-order chi connectivity index (χ1) is 13.2. The van der Waals surface area contributed by atoms with E-state index < -0.39 is 22.1 Å². The van der Waals surface area contributed by atoms with Crippen LogP contribution in [0, 0.1) is 0 Å². The number of ether oxygens (including phenoxy) is 1. The zero-order chi connectivity index (χ0) is 20.1. The highest BCUT2D eigenvalue weighted by atomic mass is 32.2. The van der Waals surface area contributed by atoms with Gasteiger partial charge >= 0.3 is 6.09 Å². The van der Waals surface area contributed by atoms with Crippen molar-refractivity contribution in [1.82, 2.24) is 9.78 Å². The molecule has 2 heterocycles. The van der Waals surface area contributed by atoms with E-state index >= 15 is 0 Å². The zero-order valence-electron chi connectivity index (χ0n) is 15.4. The van der Waals surface area contributed by atoms with Gasteiger partial charge in [-0.2, -0.15) is 5.10 Å². The topological polar surface area (TPSA) is 128 Å². The lowest BCUT2D eigenvalue weighted by Gasteiger charge is -2.34. The number of nitrogens with zero attached hydrogens (tertiary/aromatic N) is 3. The van der Waals surface area contributed by atoms with Crippen molar-refractivity contribution in [2.75, 3.05) is 10.8 Å². The number of primary sulfonamides is 1. The Morgan fingerprint density at radius 2 is 2.11 bits per heavy atom. The fraction of sp³-hybridized carbons (Fsp3) is 0.444. The van der Waals surface area contributed by atoms with Gasteiger partial charge in [0.15, 0.2) is 0 Å². The van der Waals surface area contributed by atoms with Crippen LogP contribution in [0.2, 0.25) is 0 Å². The van der Waals surface area contributed by atoms with E-state index in [9.17, 15) is 18.3 Å². The monoisotopic (exact) mass is 406 g/mol. The number of carboxylic acid groups (broad SMARTS) is 1. The Morgan fingerprint density at radius 1 is 1.36 bits per heavy atom. The Kier molecular flexibility index (Phi) is 4.54. The van der Waals surface area contributed by atoms with Crippen molar-refractivity contribution in [3.05, 3.63) is 30.1 Å². The maximum atomic E-state index is 11.8. The summed E-state index contributed by atoms with van der Waals surface area (Å²) in [5, 5.41) is 19.1. The Hall–Kier alpha value is -2.59. The largest absolute Gasteiger partial charge is 0.475 e. The molecule has 1 aromatic heterocycles. The van der Waals surface area contributed by atoms with Crippen molar-refractivity contribution in [3.63, 3.8) is 0 Å². The predicted octanol–water partition coefficient (Wildman–Crippen LogP) is 2.33. The molecule has 1 fully saturated rings. The molecule has 1 atom stereocenters. The van der Waals surface area contributed by atoms with Crippen LogP contribution in [0.25, 0.3) is 11.1 Å². The third-order valence-corrected chi connectivity index (χ3v) is 5.60. The molecule has 0 unspecified atom stereocenters. The molecular formula is C18H22N4O5S. The molecule has 9 nitrogen and oxygen atoms in total. The molecule has 0 radical (unpaired) electrons. The van der Waals surface area contributed by atoms with Crippen LogP contribution >= 0.6 is 0 Å². The molecule has 2 aromatic rings. The maximum absolute atomic E-state index is 11.8. The van der Waals surface area contributed by atoms with Crippen LogP contribution < -0.4 is 14.8 Å². The van der Waals surface area contributed by atoms with Gasteiger partial charge in [-0.15, -0.1) is 0 Å². The van der Waals surface area contributed by atoms with Crippen LogP contribution in [-0.4, -0.2) is 41.4 Å². The van der Waals surface area contributed by atoms with Gasteiger partial charge in [-0.3, -0.25) is 9.58 Å². The van der Waals surface area contributed by atoms with Crippen molar-refractivity contribution in [1.29, 1.82) is 0 Å². The molecule has 4 rings (SSSR count). The van der Waals surface area contributed by atoms with E-state index in [4.69, 9.17) is 9.88 Å². The van der Waals surface area contributed by atoms with Crippen molar-refractivity contribution >= 4 is 21.8 Å². The van der Waals surface area contributed by atoms with E-state index in [-0.39, 0.29) is 6.04 Å². The van der Waals surface area contributed by atoms with Crippen LogP contribution in [-0.2, 0) is 16.4 Å². The number of rotatable bonds is 5. The number of amides is 1. The Morgan fingerprint density at radius 3 is 2.75 bits per heavy atom. The molecule has 10 heteroatoms. The van der Waals surface area contributed by atoms with Crippen LogP contribution in [0.5, 0.6) is 5.75 Å². The fourth-order valence-electron chi connectivity index (χ4n) is 3.65.